The second-order valence-corrected chi connectivity index (χ2v) is 4.58. The van der Waals surface area contributed by atoms with Gasteiger partial charge in [0.15, 0.2) is 5.75 Å². The molecule has 0 saturated heterocycles. The second kappa shape index (κ2) is 4.76. The Morgan fingerprint density at radius 1 is 0.615 bits per heavy atom. The van der Waals surface area contributed by atoms with Crippen molar-refractivity contribution in [3.63, 3.8) is 0 Å². The minimum atomic E-state index is 0.433. The van der Waals surface area contributed by atoms with E-state index in [1.54, 1.807) is 0 Å². The molecule has 1 nitrogen and oxygen atoms in total. The summed E-state index contributed by atoms with van der Waals surface area (Å²) in [5, 5.41) is 0. The summed E-state index contributed by atoms with van der Waals surface area (Å²) in [4.78, 5) is 2.91. The van der Waals surface area contributed by atoms with Gasteiger partial charge in [0.2, 0.25) is 0 Å². The lowest BCUT2D eigenvalue weighted by atomic mass is 10.3. The first-order chi connectivity index (χ1) is 6.00. The van der Waals surface area contributed by atoms with Gasteiger partial charge in [-0.15, -0.1) is 63.1 Å². The normalized spacial score (nSPS) is 10.3. The number of rotatable bonds is 1. The molecule has 0 bridgehead atoms. The molecule has 0 heterocycles. The number of benzene rings is 1. The van der Waals surface area contributed by atoms with E-state index in [2.05, 4.69) is 76.1 Å². The molecule has 0 saturated carbocycles. The van der Waals surface area contributed by atoms with Crippen LogP contribution in [0.2, 0.25) is 0 Å². The summed E-state index contributed by atoms with van der Waals surface area (Å²) in [5.74, 6) is 0.433. The second-order valence-electron chi connectivity index (χ2n) is 2.16. The van der Waals surface area contributed by atoms with Gasteiger partial charge in [-0.2, -0.15) is 0 Å². The van der Waals surface area contributed by atoms with Crippen molar-refractivity contribution >= 4 is 76.1 Å². The Morgan fingerprint density at radius 2 is 0.923 bits per heavy atom. The van der Waals surface area contributed by atoms with Gasteiger partial charge in [0, 0.05) is 27.6 Å². The number of hydrogen-bond donors (Lipinski definition) is 6. The third-order valence-electron chi connectivity index (χ3n) is 1.42. The van der Waals surface area contributed by atoms with E-state index in [0.717, 1.165) is 0 Å². The molecule has 0 radical (unpaired) electrons. The molecule has 0 atom stereocenters. The van der Waals surface area contributed by atoms with Crippen LogP contribution in [0.25, 0.3) is 0 Å². The average Bonchev–Trinajstić information content (AvgIpc) is 2.13. The Hall–Kier alpha value is 1.12. The topological polar surface area (TPSA) is 9.23 Å². The lowest BCUT2D eigenvalue weighted by Gasteiger charge is -2.12. The molecule has 0 aliphatic heterocycles. The van der Waals surface area contributed by atoms with Crippen LogP contribution in [0, 0.1) is 0 Å². The van der Waals surface area contributed by atoms with E-state index in [-0.39, 0.29) is 0 Å². The van der Waals surface area contributed by atoms with Crippen molar-refractivity contribution in [2.45, 2.75) is 24.5 Å². The largest absolute Gasteiger partial charge is 0.427 e. The Morgan fingerprint density at radius 3 is 1.23 bits per heavy atom. The summed E-state index contributed by atoms with van der Waals surface area (Å²) in [5.41, 5.74) is 0. The molecule has 1 rings (SSSR count). The van der Waals surface area contributed by atoms with Crippen LogP contribution in [0.3, 0.4) is 0 Å². The highest BCUT2D eigenvalue weighted by atomic mass is 32.1. The Bertz CT molecular complexity index is 320. The zero-order valence-corrected chi connectivity index (χ0v) is 11.5. The molecule has 0 aromatic heterocycles. The monoisotopic (exact) mass is 286 g/mol. The van der Waals surface area contributed by atoms with Gasteiger partial charge < -0.3 is 4.18 Å². The minimum absolute atomic E-state index is 0.433. The molecule has 0 aliphatic rings. The third kappa shape index (κ3) is 2.21. The highest BCUT2D eigenvalue weighted by Crippen LogP contribution is 2.44. The highest BCUT2D eigenvalue weighted by molar-refractivity contribution is 7.87. The molecule has 0 N–H and O–H groups in total. The van der Waals surface area contributed by atoms with Crippen LogP contribution in [-0.2, 0) is 0 Å². The first-order valence-electron chi connectivity index (χ1n) is 3.00. The van der Waals surface area contributed by atoms with Crippen molar-refractivity contribution in [2.75, 3.05) is 0 Å². The fourth-order valence-electron chi connectivity index (χ4n) is 0.750. The van der Waals surface area contributed by atoms with Crippen molar-refractivity contribution in [1.82, 2.24) is 0 Å². The van der Waals surface area contributed by atoms with E-state index in [0.29, 0.717) is 30.2 Å². The van der Waals surface area contributed by atoms with Crippen LogP contribution in [0.4, 0.5) is 0 Å². The maximum absolute atomic E-state index is 4.80. The van der Waals surface area contributed by atoms with Crippen LogP contribution in [-0.4, -0.2) is 0 Å². The van der Waals surface area contributed by atoms with Crippen molar-refractivity contribution in [1.29, 1.82) is 0 Å². The molecule has 0 fully saturated rings. The van der Waals surface area contributed by atoms with E-state index in [9.17, 15) is 0 Å². The fourth-order valence-corrected chi connectivity index (χ4v) is 2.62. The molecule has 0 unspecified atom stereocenters. The molecule has 1 aromatic carbocycles. The summed E-state index contributed by atoms with van der Waals surface area (Å²) < 4.78 is 4.80. The minimum Gasteiger partial charge on any atom is -0.427 e. The number of thiol groups is 6. The zero-order valence-electron chi connectivity index (χ0n) is 6.09. The summed E-state index contributed by atoms with van der Waals surface area (Å²) >= 11 is 24.7. The average molecular weight is 287 g/mol. The Labute approximate surface area is 110 Å². The fraction of sp³-hybridized carbons (Fsp3) is 0. The van der Waals surface area contributed by atoms with Gasteiger partial charge in [0.1, 0.15) is 0 Å². The molecule has 0 aliphatic carbocycles. The van der Waals surface area contributed by atoms with Gasteiger partial charge in [-0.05, 0) is 0 Å². The molecule has 13 heavy (non-hydrogen) atoms. The summed E-state index contributed by atoms with van der Waals surface area (Å²) in [6, 6.07) is 0. The maximum Gasteiger partial charge on any atom is 0.165 e. The molecule has 0 amide bonds. The first-order valence-corrected chi connectivity index (χ1v) is 5.61. The SMILES string of the molecule is SOc1c(S)c(S)c(S)c(S)c1S. The molecule has 0 spiro atoms. The van der Waals surface area contributed by atoms with Crippen LogP contribution in [0.15, 0.2) is 24.5 Å². The van der Waals surface area contributed by atoms with Crippen LogP contribution >= 0.6 is 76.1 Å². The number of hydrogen-bond acceptors (Lipinski definition) is 7. The van der Waals surface area contributed by atoms with Crippen LogP contribution in [0.1, 0.15) is 0 Å². The summed E-state index contributed by atoms with van der Waals surface area (Å²) in [6.07, 6.45) is 0. The molecular formula is C6H6OS6. The van der Waals surface area contributed by atoms with E-state index in [1.165, 1.54) is 0 Å². The molecular weight excluding hydrogens is 280 g/mol. The zero-order chi connectivity index (χ0) is 10.2. The van der Waals surface area contributed by atoms with E-state index in [1.807, 2.05) is 0 Å². The molecule has 72 valence electrons. The van der Waals surface area contributed by atoms with Gasteiger partial charge in [0.05, 0.1) is 9.79 Å². The maximum atomic E-state index is 4.80. The van der Waals surface area contributed by atoms with Crippen LogP contribution in [0.5, 0.6) is 5.75 Å². The van der Waals surface area contributed by atoms with Gasteiger partial charge in [0.25, 0.3) is 0 Å². The first kappa shape index (κ1) is 12.2. The van der Waals surface area contributed by atoms with Crippen molar-refractivity contribution in [3.05, 3.63) is 0 Å². The van der Waals surface area contributed by atoms with Crippen molar-refractivity contribution in [3.8, 4) is 5.75 Å². The lowest BCUT2D eigenvalue weighted by Crippen LogP contribution is -1.87. The van der Waals surface area contributed by atoms with Crippen molar-refractivity contribution < 1.29 is 4.18 Å². The third-order valence-corrected chi connectivity index (χ3v) is 4.50. The van der Waals surface area contributed by atoms with Gasteiger partial charge in [-0.1, -0.05) is 0 Å². The molecule has 7 heteroatoms. The standard InChI is InChI=1S/C6H6OS6/c8-2-1(7-13)3(9)5(11)6(12)4(2)10/h8-13H. The summed E-state index contributed by atoms with van der Waals surface area (Å²) in [6.45, 7) is 0. The predicted molar refractivity (Wildman–Crippen MR) is 72.3 cm³/mol. The van der Waals surface area contributed by atoms with Gasteiger partial charge >= 0.3 is 0 Å². The van der Waals surface area contributed by atoms with E-state index in [4.69, 9.17) is 4.18 Å². The summed E-state index contributed by atoms with van der Waals surface area (Å²) in [7, 11) is 0. The highest BCUT2D eigenvalue weighted by Gasteiger charge is 2.15. The van der Waals surface area contributed by atoms with Gasteiger partial charge in [-0.3, -0.25) is 0 Å². The van der Waals surface area contributed by atoms with E-state index >= 15 is 0 Å². The lowest BCUT2D eigenvalue weighted by molar-refractivity contribution is 0.603. The quantitative estimate of drug-likeness (QED) is 0.343. The predicted octanol–water partition coefficient (Wildman–Crippen LogP) is 3.35. The van der Waals surface area contributed by atoms with Gasteiger partial charge in [-0.25, -0.2) is 0 Å². The van der Waals surface area contributed by atoms with Crippen LogP contribution < -0.4 is 4.18 Å². The Balaban J connectivity index is 3.56. The smallest absolute Gasteiger partial charge is 0.165 e. The van der Waals surface area contributed by atoms with Crippen molar-refractivity contribution in [2.24, 2.45) is 0 Å². The Kier molecular flexibility index (Phi) is 4.46. The van der Waals surface area contributed by atoms with E-state index < -0.39 is 0 Å². The molecule has 1 aromatic rings.